The maximum atomic E-state index is 11.9. The van der Waals surface area contributed by atoms with Crippen LogP contribution in [0.15, 0.2) is 54.6 Å². The number of carbonyl (C=O) groups is 3. The number of aryl methyl sites for hydroxylation is 1. The summed E-state index contributed by atoms with van der Waals surface area (Å²) in [6.07, 6.45) is 0.219. The summed E-state index contributed by atoms with van der Waals surface area (Å²) in [5.74, 6) is -0.0894. The van der Waals surface area contributed by atoms with E-state index in [1.54, 1.807) is 0 Å². The van der Waals surface area contributed by atoms with Crippen LogP contribution in [-0.4, -0.2) is 35.8 Å². The van der Waals surface area contributed by atoms with E-state index in [4.69, 9.17) is 0 Å². The largest absolute Gasteiger partial charge is 0.355 e. The van der Waals surface area contributed by atoms with Gasteiger partial charge in [0, 0.05) is 25.2 Å². The summed E-state index contributed by atoms with van der Waals surface area (Å²) in [7, 11) is 0. The fraction of sp³-hybridized carbons (Fsp3) is 0.286. The fourth-order valence-electron chi connectivity index (χ4n) is 2.41. The van der Waals surface area contributed by atoms with Crippen LogP contribution >= 0.6 is 11.8 Å². The molecule has 7 heteroatoms. The molecule has 0 bridgehead atoms. The van der Waals surface area contributed by atoms with Gasteiger partial charge in [-0.25, -0.2) is 0 Å². The predicted molar refractivity (Wildman–Crippen MR) is 113 cm³/mol. The molecule has 6 nitrogen and oxygen atoms in total. The van der Waals surface area contributed by atoms with Crippen LogP contribution in [0.1, 0.15) is 17.5 Å². The first-order valence-electron chi connectivity index (χ1n) is 9.04. The Morgan fingerprint density at radius 3 is 2.36 bits per heavy atom. The first-order chi connectivity index (χ1) is 13.5. The molecule has 148 valence electrons. The molecule has 0 aliphatic rings. The molecule has 0 saturated carbocycles. The second-order valence-electron chi connectivity index (χ2n) is 6.27. The predicted octanol–water partition coefficient (Wildman–Crippen LogP) is 2.49. The molecule has 2 rings (SSSR count). The fourth-order valence-corrected chi connectivity index (χ4v) is 3.05. The van der Waals surface area contributed by atoms with E-state index in [-0.39, 0.29) is 42.2 Å². The molecule has 0 aliphatic carbocycles. The van der Waals surface area contributed by atoms with E-state index in [1.807, 2.05) is 61.5 Å². The van der Waals surface area contributed by atoms with Crippen LogP contribution in [0.2, 0.25) is 0 Å². The lowest BCUT2D eigenvalue weighted by atomic mass is 10.2. The van der Waals surface area contributed by atoms with Gasteiger partial charge >= 0.3 is 0 Å². The molecule has 0 aliphatic heterocycles. The third kappa shape index (κ3) is 8.73. The number of hydrogen-bond donors (Lipinski definition) is 3. The van der Waals surface area contributed by atoms with E-state index >= 15 is 0 Å². The van der Waals surface area contributed by atoms with Crippen molar-refractivity contribution < 1.29 is 14.4 Å². The number of amides is 3. The molecule has 0 unspecified atom stereocenters. The summed E-state index contributed by atoms with van der Waals surface area (Å²) >= 11 is 1.23. The van der Waals surface area contributed by atoms with Crippen LogP contribution in [0.3, 0.4) is 0 Å². The van der Waals surface area contributed by atoms with Gasteiger partial charge in [-0.3, -0.25) is 14.4 Å². The average molecular weight is 400 g/mol. The quantitative estimate of drug-likeness (QED) is 0.573. The van der Waals surface area contributed by atoms with Gasteiger partial charge in [-0.15, -0.1) is 11.8 Å². The van der Waals surface area contributed by atoms with Gasteiger partial charge in [-0.2, -0.15) is 0 Å². The van der Waals surface area contributed by atoms with Gasteiger partial charge in [-0.05, 0) is 30.2 Å². The zero-order chi connectivity index (χ0) is 20.2. The van der Waals surface area contributed by atoms with Gasteiger partial charge in [0.25, 0.3) is 0 Å². The van der Waals surface area contributed by atoms with Crippen molar-refractivity contribution in [2.45, 2.75) is 19.9 Å². The number of thioether (sulfide) groups is 1. The first kappa shape index (κ1) is 21.5. The molecule has 0 atom stereocenters. The van der Waals surface area contributed by atoms with Crippen molar-refractivity contribution in [3.05, 3.63) is 65.7 Å². The molecular weight excluding hydrogens is 374 g/mol. The zero-order valence-electron chi connectivity index (χ0n) is 15.9. The number of rotatable bonds is 10. The van der Waals surface area contributed by atoms with Gasteiger partial charge in [-0.1, -0.05) is 42.5 Å². The Balaban J connectivity index is 1.53. The van der Waals surface area contributed by atoms with E-state index in [9.17, 15) is 14.4 Å². The van der Waals surface area contributed by atoms with Gasteiger partial charge < -0.3 is 16.0 Å². The summed E-state index contributed by atoms with van der Waals surface area (Å²) in [5, 5.41) is 8.30. The van der Waals surface area contributed by atoms with Crippen LogP contribution in [0, 0.1) is 6.92 Å². The second kappa shape index (κ2) is 11.8. The van der Waals surface area contributed by atoms with Gasteiger partial charge in [0.1, 0.15) is 0 Å². The molecule has 2 aromatic rings. The molecule has 2 aromatic carbocycles. The van der Waals surface area contributed by atoms with Gasteiger partial charge in [0.15, 0.2) is 0 Å². The summed E-state index contributed by atoms with van der Waals surface area (Å²) in [6.45, 7) is 2.70. The van der Waals surface area contributed by atoms with Crippen molar-refractivity contribution in [3.8, 4) is 0 Å². The Labute approximate surface area is 169 Å². The van der Waals surface area contributed by atoms with E-state index in [2.05, 4.69) is 16.0 Å². The summed E-state index contributed by atoms with van der Waals surface area (Å²) < 4.78 is 0. The molecular formula is C21H25N3O3S. The Bertz CT molecular complexity index is 796. The SMILES string of the molecule is Cc1cccc(NC(=O)CSCC(=O)NCCC(=O)NCc2ccccc2)c1. The number of hydrogen-bond acceptors (Lipinski definition) is 4. The van der Waals surface area contributed by atoms with Crippen molar-refractivity contribution >= 4 is 35.2 Å². The highest BCUT2D eigenvalue weighted by atomic mass is 32.2. The van der Waals surface area contributed by atoms with Crippen LogP contribution < -0.4 is 16.0 Å². The third-order valence-corrected chi connectivity index (χ3v) is 4.71. The topological polar surface area (TPSA) is 87.3 Å². The molecule has 0 fully saturated rings. The third-order valence-electron chi connectivity index (χ3n) is 3.77. The Hall–Kier alpha value is -2.80. The molecule has 28 heavy (non-hydrogen) atoms. The molecule has 0 spiro atoms. The lowest BCUT2D eigenvalue weighted by molar-refractivity contribution is -0.121. The molecule has 0 radical (unpaired) electrons. The Morgan fingerprint density at radius 2 is 1.61 bits per heavy atom. The first-order valence-corrected chi connectivity index (χ1v) is 10.2. The lowest BCUT2D eigenvalue weighted by Gasteiger charge is -2.08. The van der Waals surface area contributed by atoms with Crippen molar-refractivity contribution in [2.24, 2.45) is 0 Å². The highest BCUT2D eigenvalue weighted by Crippen LogP contribution is 2.10. The zero-order valence-corrected chi connectivity index (χ0v) is 16.7. The Kier molecular flexibility index (Phi) is 9.07. The van der Waals surface area contributed by atoms with Crippen LogP contribution in [0.25, 0.3) is 0 Å². The van der Waals surface area contributed by atoms with E-state index < -0.39 is 0 Å². The lowest BCUT2D eigenvalue weighted by Crippen LogP contribution is -2.31. The molecule has 3 amide bonds. The minimum Gasteiger partial charge on any atom is -0.355 e. The number of benzene rings is 2. The summed E-state index contributed by atoms with van der Waals surface area (Å²) in [4.78, 5) is 35.5. The normalized spacial score (nSPS) is 10.2. The minimum absolute atomic E-state index is 0.116. The standard InChI is InChI=1S/C21H25N3O3S/c1-16-6-5-9-18(12-16)24-21(27)15-28-14-20(26)22-11-10-19(25)23-13-17-7-3-2-4-8-17/h2-9,12H,10-11,13-15H2,1H3,(H,22,26)(H,23,25)(H,24,27). The molecule has 0 heterocycles. The van der Waals surface area contributed by atoms with Crippen molar-refractivity contribution in [1.29, 1.82) is 0 Å². The van der Waals surface area contributed by atoms with Crippen molar-refractivity contribution in [1.82, 2.24) is 10.6 Å². The van der Waals surface area contributed by atoms with Crippen LogP contribution in [0.4, 0.5) is 5.69 Å². The van der Waals surface area contributed by atoms with E-state index in [0.29, 0.717) is 6.54 Å². The van der Waals surface area contributed by atoms with Crippen molar-refractivity contribution in [2.75, 3.05) is 23.4 Å². The number of nitrogens with one attached hydrogen (secondary N) is 3. The van der Waals surface area contributed by atoms with Gasteiger partial charge in [0.05, 0.1) is 11.5 Å². The van der Waals surface area contributed by atoms with E-state index in [1.165, 1.54) is 11.8 Å². The van der Waals surface area contributed by atoms with Gasteiger partial charge in [0.2, 0.25) is 17.7 Å². The maximum absolute atomic E-state index is 11.9. The summed E-state index contributed by atoms with van der Waals surface area (Å²) in [5.41, 5.74) is 2.84. The van der Waals surface area contributed by atoms with Crippen molar-refractivity contribution in [3.63, 3.8) is 0 Å². The highest BCUT2D eigenvalue weighted by molar-refractivity contribution is 8.00. The maximum Gasteiger partial charge on any atom is 0.234 e. The van der Waals surface area contributed by atoms with E-state index in [0.717, 1.165) is 16.8 Å². The second-order valence-corrected chi connectivity index (χ2v) is 7.26. The monoisotopic (exact) mass is 399 g/mol. The van der Waals surface area contributed by atoms with Crippen LogP contribution in [-0.2, 0) is 20.9 Å². The smallest absolute Gasteiger partial charge is 0.234 e. The average Bonchev–Trinajstić information content (AvgIpc) is 2.67. The Morgan fingerprint density at radius 1 is 0.857 bits per heavy atom. The molecule has 0 aromatic heterocycles. The minimum atomic E-state index is -0.191. The summed E-state index contributed by atoms with van der Waals surface area (Å²) in [6, 6.07) is 17.2. The molecule has 3 N–H and O–H groups in total. The highest BCUT2D eigenvalue weighted by Gasteiger charge is 2.07. The number of anilines is 1. The molecule has 0 saturated heterocycles. The van der Waals surface area contributed by atoms with Crippen LogP contribution in [0.5, 0.6) is 0 Å². The number of carbonyl (C=O) groups excluding carboxylic acids is 3.